The van der Waals surface area contributed by atoms with Gasteiger partial charge in [0.2, 0.25) is 6.29 Å². The van der Waals surface area contributed by atoms with Crippen molar-refractivity contribution in [3.05, 3.63) is 75.0 Å². The molecule has 0 amide bonds. The highest BCUT2D eigenvalue weighted by Crippen LogP contribution is 2.37. The summed E-state index contributed by atoms with van der Waals surface area (Å²) in [6, 6.07) is 9.28. The van der Waals surface area contributed by atoms with Crippen LogP contribution in [0.3, 0.4) is 0 Å². The Kier molecular flexibility index (Phi) is 11.1. The molecule has 0 aromatic heterocycles. The molecule has 0 aliphatic carbocycles. The third kappa shape index (κ3) is 8.90. The third-order valence-corrected chi connectivity index (χ3v) is 6.92. The van der Waals surface area contributed by atoms with E-state index in [1.807, 2.05) is 13.0 Å². The van der Waals surface area contributed by atoms with E-state index in [4.69, 9.17) is 48.9 Å². The molecule has 0 spiro atoms. The fraction of sp³-hybridized carbons (Fsp3) is 0.346. The van der Waals surface area contributed by atoms with E-state index < -0.39 is 37.9 Å². The van der Waals surface area contributed by atoms with Crippen molar-refractivity contribution in [3.63, 3.8) is 0 Å². The summed E-state index contributed by atoms with van der Waals surface area (Å²) in [7, 11) is -0.531. The van der Waals surface area contributed by atoms with Crippen LogP contribution in [0.4, 0.5) is 4.39 Å². The number of benzene rings is 2. The molecule has 1 fully saturated rings. The number of halogens is 3. The van der Waals surface area contributed by atoms with E-state index in [0.717, 1.165) is 24.8 Å². The highest BCUT2D eigenvalue weighted by Gasteiger charge is 2.39. The van der Waals surface area contributed by atoms with Gasteiger partial charge < -0.3 is 23.1 Å². The first-order valence-electron chi connectivity index (χ1n) is 12.7. The number of ether oxygens (including phenoxy) is 4. The Labute approximate surface area is 241 Å². The molecule has 1 aliphatic rings. The van der Waals surface area contributed by atoms with E-state index in [1.165, 1.54) is 18.2 Å². The van der Waals surface area contributed by atoms with Gasteiger partial charge in [-0.2, -0.15) is 0 Å². The molecule has 1 heterocycles. The van der Waals surface area contributed by atoms with Crippen molar-refractivity contribution in [3.8, 4) is 11.5 Å². The molecule has 1 radical (unpaired) electrons. The van der Waals surface area contributed by atoms with Crippen molar-refractivity contribution in [1.29, 1.82) is 2.61 Å². The van der Waals surface area contributed by atoms with Gasteiger partial charge in [-0.25, -0.2) is 9.18 Å². The first kappa shape index (κ1) is 27.8. The maximum absolute atomic E-state index is 14.9. The predicted molar refractivity (Wildman–Crippen MR) is 154 cm³/mol. The van der Waals surface area contributed by atoms with E-state index >= 15 is 0 Å². The van der Waals surface area contributed by atoms with E-state index in [0.29, 0.717) is 26.9 Å². The molecule has 6 nitrogen and oxygen atoms in total. The van der Waals surface area contributed by atoms with Gasteiger partial charge in [-0.1, -0.05) is 36.9 Å². The van der Waals surface area contributed by atoms with Crippen molar-refractivity contribution >= 4 is 62.0 Å². The van der Waals surface area contributed by atoms with E-state index in [9.17, 15) is 9.18 Å². The largest absolute Gasteiger partial charge is 0.488 e. The molecule has 2 unspecified atom stereocenters. The second-order valence-electron chi connectivity index (χ2n) is 8.23. The number of carbonyl (C=O) groups excluding carboxylic acids is 1. The second kappa shape index (κ2) is 15.2. The summed E-state index contributed by atoms with van der Waals surface area (Å²) in [5, 5.41) is 0.886. The van der Waals surface area contributed by atoms with Gasteiger partial charge in [0, 0.05) is 28.7 Å². The zero-order chi connectivity index (χ0) is 29.2. The molecule has 0 saturated carbocycles. The minimum absolute atomic E-state index is 0.0208. The molecule has 12 heteroatoms. The van der Waals surface area contributed by atoms with Gasteiger partial charge in [-0.3, -0.25) is 0 Å². The number of hydrogen-bond donors (Lipinski definition) is 0. The molecular weight excluding hydrogens is 572 g/mol. The number of carbonyl (C=O) groups is 1. The van der Waals surface area contributed by atoms with Crippen LogP contribution >= 0.6 is 42.5 Å². The fourth-order valence-corrected chi connectivity index (χ4v) is 4.92. The lowest BCUT2D eigenvalue weighted by Crippen LogP contribution is -2.24. The maximum Gasteiger partial charge on any atom is 0.333 e. The SMILES string of the molecule is [2H]P([B][3H])SO[C@H]1CC(Oc2ccc(/C=C(\C)C(=O)OCC)cc2F)O[C@@H]1/C(C)=C/COc1ccc(Cl)cc1Cl. The summed E-state index contributed by atoms with van der Waals surface area (Å²) < 4.78 is 58.4. The number of hydrogen-bond acceptors (Lipinski definition) is 7. The van der Waals surface area contributed by atoms with Crippen molar-refractivity contribution in [2.75, 3.05) is 13.2 Å². The molecule has 4 atom stereocenters. The van der Waals surface area contributed by atoms with E-state index in [-0.39, 0.29) is 25.4 Å². The highest BCUT2D eigenvalue weighted by molar-refractivity contribution is 8.53. The molecule has 0 N–H and O–H groups in total. The summed E-state index contributed by atoms with van der Waals surface area (Å²) in [6.45, 7) is 5.59. The Morgan fingerprint density at radius 1 is 1.34 bits per heavy atom. The lowest BCUT2D eigenvalue weighted by molar-refractivity contribution is -0.138. The molecule has 1 saturated heterocycles. The predicted octanol–water partition coefficient (Wildman–Crippen LogP) is 7.06. The molecule has 3 rings (SSSR count). The molecular formula is C26H28BCl2FO6PS. The van der Waals surface area contributed by atoms with Crippen LogP contribution in [0.1, 0.15) is 32.8 Å². The topological polar surface area (TPSA) is 63.2 Å². The van der Waals surface area contributed by atoms with E-state index in [2.05, 4.69) is 0 Å². The zero-order valence-electron chi connectivity index (χ0n) is 23.0. The van der Waals surface area contributed by atoms with Crippen LogP contribution in [-0.4, -0.2) is 47.8 Å². The quantitative estimate of drug-likeness (QED) is 0.0607. The minimum Gasteiger partial charge on any atom is -0.488 e. The Hall–Kier alpha value is -1.74. The maximum atomic E-state index is 14.9. The summed E-state index contributed by atoms with van der Waals surface area (Å²) in [4.78, 5) is 11.8. The molecule has 2 aromatic carbocycles. The molecule has 2 aromatic rings. The van der Waals surface area contributed by atoms with Gasteiger partial charge >= 0.3 is 5.97 Å². The van der Waals surface area contributed by atoms with Crippen molar-refractivity contribution in [2.45, 2.75) is 45.7 Å². The Morgan fingerprint density at radius 2 is 2.13 bits per heavy atom. The minimum atomic E-state index is -1.54. The lowest BCUT2D eigenvalue weighted by atomic mass is 10.1. The van der Waals surface area contributed by atoms with Crippen LogP contribution in [0.25, 0.3) is 6.08 Å². The molecule has 38 heavy (non-hydrogen) atoms. The summed E-state index contributed by atoms with van der Waals surface area (Å²) in [5.41, 5.74) is 1.60. The Balaban J connectivity index is 1.69. The van der Waals surface area contributed by atoms with Crippen LogP contribution in [0, 0.1) is 5.82 Å². The van der Waals surface area contributed by atoms with Gasteiger partial charge in [-0.15, -0.1) is 0 Å². The number of rotatable bonds is 13. The van der Waals surface area contributed by atoms with Gasteiger partial charge in [0.15, 0.2) is 11.6 Å². The first-order chi connectivity index (χ1) is 19.1. The van der Waals surface area contributed by atoms with Crippen LogP contribution in [-0.2, 0) is 18.5 Å². The van der Waals surface area contributed by atoms with Crippen molar-refractivity contribution < 1.29 is 32.3 Å². The number of esters is 1. The van der Waals surface area contributed by atoms with Crippen LogP contribution < -0.4 is 9.47 Å². The van der Waals surface area contributed by atoms with Crippen LogP contribution in [0.5, 0.6) is 11.5 Å². The second-order valence-corrected chi connectivity index (χ2v) is 10.7. The molecule has 0 bridgehead atoms. The van der Waals surface area contributed by atoms with Crippen LogP contribution in [0.2, 0.25) is 10.0 Å². The van der Waals surface area contributed by atoms with Gasteiger partial charge in [0.1, 0.15) is 32.1 Å². The fourth-order valence-electron chi connectivity index (χ4n) is 3.64. The summed E-state index contributed by atoms with van der Waals surface area (Å²) >= 11 is 13.0. The Bertz CT molecular complexity index is 1240. The van der Waals surface area contributed by atoms with Gasteiger partial charge in [-0.05, 0) is 75.7 Å². The molecule has 203 valence electrons. The van der Waals surface area contributed by atoms with Crippen molar-refractivity contribution in [2.24, 2.45) is 0 Å². The third-order valence-electron chi connectivity index (χ3n) is 5.45. The standard InChI is InChI=1S/C26H28BCl2FO6PS/c1-4-32-26(31)16(3)11-17-5-7-22(20(30)12-17)34-24-14-23(36-38-37-27)25(35-24)15(2)9-10-33-21-8-6-18(28)13-19(21)29/h5-9,11-13,23-25,27,37H,4,10,14H2,1-3H3/b15-9+,16-11+/t23-,24?,25+,37?/m0/s1/i27T,37D. The van der Waals surface area contributed by atoms with E-state index in [1.54, 1.807) is 38.1 Å². The van der Waals surface area contributed by atoms with Gasteiger partial charge in [0.25, 0.3) is 0 Å². The lowest BCUT2D eigenvalue weighted by Gasteiger charge is -2.19. The monoisotopic (exact) mass is 602 g/mol. The zero-order valence-corrected chi connectivity index (χ0v) is 24.2. The van der Waals surface area contributed by atoms with Crippen molar-refractivity contribution in [1.82, 2.24) is 0 Å². The average Bonchev–Trinajstić information content (AvgIpc) is 3.32. The van der Waals surface area contributed by atoms with Crippen LogP contribution in [0.15, 0.2) is 53.6 Å². The average molecular weight is 603 g/mol. The molecule has 1 aliphatic heterocycles. The summed E-state index contributed by atoms with van der Waals surface area (Å²) in [5.74, 6) is -0.637. The summed E-state index contributed by atoms with van der Waals surface area (Å²) in [6.07, 6.45) is 1.69. The normalized spacial score (nSPS) is 21.4. The Morgan fingerprint density at radius 3 is 2.84 bits per heavy atom. The smallest absolute Gasteiger partial charge is 0.333 e. The highest BCUT2D eigenvalue weighted by atomic mass is 35.5. The first-order valence-corrected chi connectivity index (χ1v) is 14.7. The van der Waals surface area contributed by atoms with Gasteiger partial charge in [0.05, 0.1) is 12.9 Å².